The van der Waals surface area contributed by atoms with Crippen LogP contribution in [0, 0.1) is 10.1 Å². The third kappa shape index (κ3) is 5.92. The van der Waals surface area contributed by atoms with E-state index < -0.39 is 61.8 Å². The summed E-state index contributed by atoms with van der Waals surface area (Å²) >= 11 is 0. The number of alkyl halides is 6. The fraction of sp³-hybridized carbons (Fsp3) is 0.188. The van der Waals surface area contributed by atoms with Crippen LogP contribution in [-0.4, -0.2) is 27.2 Å². The summed E-state index contributed by atoms with van der Waals surface area (Å²) in [7, 11) is -3.52. The van der Waals surface area contributed by atoms with Crippen molar-refractivity contribution >= 4 is 28.1 Å². The summed E-state index contributed by atoms with van der Waals surface area (Å²) in [4.78, 5) is 20.9. The van der Waals surface area contributed by atoms with Gasteiger partial charge in [0.05, 0.1) is 15.4 Å². The van der Waals surface area contributed by atoms with E-state index in [1.165, 1.54) is 0 Å². The molecular formula is C16H10F6N2O5S. The number of hydrogen-bond acceptors (Lipinski definition) is 5. The summed E-state index contributed by atoms with van der Waals surface area (Å²) in [6.45, 7) is -0.890. The first-order valence-electron chi connectivity index (χ1n) is 7.66. The van der Waals surface area contributed by atoms with E-state index in [1.807, 2.05) is 0 Å². The Balaban J connectivity index is 2.12. The smallest absolute Gasteiger partial charge is 0.475 e. The Morgan fingerprint density at radius 3 is 2.33 bits per heavy atom. The second kappa shape index (κ2) is 8.69. The molecule has 0 bridgehead atoms. The van der Waals surface area contributed by atoms with Gasteiger partial charge >= 0.3 is 17.4 Å². The van der Waals surface area contributed by atoms with Gasteiger partial charge in [-0.15, -0.1) is 0 Å². The molecule has 0 spiro atoms. The quantitative estimate of drug-likeness (QED) is 0.398. The molecule has 2 aromatic carbocycles. The van der Waals surface area contributed by atoms with Gasteiger partial charge in [-0.3, -0.25) is 14.9 Å². The molecule has 0 aliphatic carbocycles. The van der Waals surface area contributed by atoms with Crippen LogP contribution in [0.25, 0.3) is 0 Å². The Morgan fingerprint density at radius 2 is 1.77 bits per heavy atom. The van der Waals surface area contributed by atoms with Gasteiger partial charge in [-0.25, -0.2) is 4.21 Å². The molecule has 1 N–H and O–H groups in total. The molecule has 162 valence electrons. The molecule has 2 aromatic rings. The molecule has 0 aromatic heterocycles. The highest BCUT2D eigenvalue weighted by molar-refractivity contribution is 7.86. The van der Waals surface area contributed by atoms with E-state index in [1.54, 1.807) is 0 Å². The number of carbonyl (C=O) groups excluding carboxylic acids is 1. The van der Waals surface area contributed by atoms with Crippen molar-refractivity contribution in [3.05, 3.63) is 58.1 Å². The van der Waals surface area contributed by atoms with E-state index in [0.29, 0.717) is 18.2 Å². The average molecular weight is 456 g/mol. The first-order valence-corrected chi connectivity index (χ1v) is 8.81. The van der Waals surface area contributed by atoms with E-state index >= 15 is 0 Å². The van der Waals surface area contributed by atoms with E-state index in [0.717, 1.165) is 24.3 Å². The molecule has 2 rings (SSSR count). The molecular weight excluding hydrogens is 446 g/mol. The number of nitrogens with zero attached hydrogens (tertiary/aromatic N) is 1. The second-order valence-electron chi connectivity index (χ2n) is 5.52. The zero-order valence-corrected chi connectivity index (χ0v) is 15.2. The Labute approximate surface area is 166 Å². The van der Waals surface area contributed by atoms with E-state index in [4.69, 9.17) is 4.74 Å². The summed E-state index contributed by atoms with van der Waals surface area (Å²) in [5.41, 5.74) is -7.35. The zero-order valence-electron chi connectivity index (χ0n) is 14.4. The minimum absolute atomic E-state index is 0.219. The predicted molar refractivity (Wildman–Crippen MR) is 91.1 cm³/mol. The van der Waals surface area contributed by atoms with Crippen LogP contribution in [0.3, 0.4) is 0 Å². The maximum atomic E-state index is 12.7. The molecule has 0 saturated heterocycles. The highest BCUT2D eigenvalue weighted by atomic mass is 32.2. The van der Waals surface area contributed by atoms with Crippen LogP contribution in [0.4, 0.5) is 37.7 Å². The lowest BCUT2D eigenvalue weighted by molar-refractivity contribution is -0.386. The molecule has 7 nitrogen and oxygen atoms in total. The number of benzene rings is 2. The molecule has 0 saturated carbocycles. The van der Waals surface area contributed by atoms with Crippen molar-refractivity contribution in [1.82, 2.24) is 0 Å². The van der Waals surface area contributed by atoms with Crippen molar-refractivity contribution in [2.24, 2.45) is 0 Å². The summed E-state index contributed by atoms with van der Waals surface area (Å²) in [6, 6.07) is 5.44. The van der Waals surface area contributed by atoms with Gasteiger partial charge in [0.1, 0.15) is 0 Å². The van der Waals surface area contributed by atoms with E-state index in [9.17, 15) is 45.5 Å². The zero-order chi connectivity index (χ0) is 22.7. The maximum Gasteiger partial charge on any atom is 0.475 e. The van der Waals surface area contributed by atoms with Gasteiger partial charge in [0.2, 0.25) is 0 Å². The van der Waals surface area contributed by atoms with Crippen molar-refractivity contribution < 1.29 is 45.0 Å². The molecule has 30 heavy (non-hydrogen) atoms. The number of anilines is 1. The standard InChI is InChI=1S/C16H10F6N2O5S/c17-15(18,19)9-2-1-3-10(6-9)23-14(25)8-29-13-5-4-11(7-12(13)24(26)27)30(28)16(20,21)22/h1-7H,8H2,(H,23,25). The highest BCUT2D eigenvalue weighted by Gasteiger charge is 2.39. The molecule has 0 heterocycles. The van der Waals surface area contributed by atoms with E-state index in [2.05, 4.69) is 5.32 Å². The minimum atomic E-state index is -5.14. The van der Waals surface area contributed by atoms with Crippen molar-refractivity contribution in [2.45, 2.75) is 16.6 Å². The van der Waals surface area contributed by atoms with E-state index in [-0.39, 0.29) is 5.69 Å². The molecule has 1 amide bonds. The number of carbonyl (C=O) groups is 1. The lowest BCUT2D eigenvalue weighted by Gasteiger charge is -2.11. The average Bonchev–Trinajstić information content (AvgIpc) is 2.64. The van der Waals surface area contributed by atoms with Crippen molar-refractivity contribution in [3.8, 4) is 5.75 Å². The van der Waals surface area contributed by atoms with Crippen LogP contribution >= 0.6 is 0 Å². The van der Waals surface area contributed by atoms with Crippen LogP contribution in [-0.2, 0) is 21.8 Å². The Hall–Kier alpha value is -3.16. The maximum absolute atomic E-state index is 12.7. The number of hydrogen-bond donors (Lipinski definition) is 1. The van der Waals surface area contributed by atoms with Crippen LogP contribution in [0.1, 0.15) is 5.56 Å². The summed E-state index contributed by atoms with van der Waals surface area (Å²) in [5, 5.41) is 13.1. The largest absolute Gasteiger partial charge is 0.477 e. The van der Waals surface area contributed by atoms with Crippen LogP contribution in [0.5, 0.6) is 5.75 Å². The molecule has 0 aliphatic heterocycles. The molecule has 0 radical (unpaired) electrons. The fourth-order valence-electron chi connectivity index (χ4n) is 2.12. The molecule has 1 atom stereocenters. The first-order chi connectivity index (χ1) is 13.8. The SMILES string of the molecule is O=C(COc1ccc(S(=O)C(F)(F)F)cc1[N+](=O)[O-])Nc1cccc(C(F)(F)F)c1. The van der Waals surface area contributed by atoms with Gasteiger partial charge < -0.3 is 10.1 Å². The number of ether oxygens (including phenoxy) is 1. The first kappa shape index (κ1) is 23.1. The molecule has 0 fully saturated rings. The van der Waals surface area contributed by atoms with Gasteiger partial charge in [0.15, 0.2) is 23.2 Å². The third-order valence-electron chi connectivity index (χ3n) is 3.38. The van der Waals surface area contributed by atoms with Crippen LogP contribution < -0.4 is 10.1 Å². The Morgan fingerprint density at radius 1 is 1.10 bits per heavy atom. The summed E-state index contributed by atoms with van der Waals surface area (Å²) < 4.78 is 91.7. The topological polar surface area (TPSA) is 98.5 Å². The van der Waals surface area contributed by atoms with Crippen molar-refractivity contribution in [2.75, 3.05) is 11.9 Å². The number of nitro benzene ring substituents is 1. The summed E-state index contributed by atoms with van der Waals surface area (Å²) in [6.07, 6.45) is -4.64. The van der Waals surface area contributed by atoms with Crippen LogP contribution in [0.15, 0.2) is 47.4 Å². The fourth-order valence-corrected chi connectivity index (χ4v) is 2.80. The molecule has 14 heteroatoms. The number of nitrogens with one attached hydrogen (secondary N) is 1. The Bertz CT molecular complexity index is 993. The Kier molecular flexibility index (Phi) is 6.70. The third-order valence-corrected chi connectivity index (χ3v) is 4.49. The number of nitro groups is 1. The lowest BCUT2D eigenvalue weighted by atomic mass is 10.2. The van der Waals surface area contributed by atoms with Crippen LogP contribution in [0.2, 0.25) is 0 Å². The predicted octanol–water partition coefficient (Wildman–Crippen LogP) is 4.26. The second-order valence-corrected chi connectivity index (χ2v) is 6.99. The number of rotatable bonds is 6. The lowest BCUT2D eigenvalue weighted by Crippen LogP contribution is -2.21. The van der Waals surface area contributed by atoms with Gasteiger partial charge in [-0.2, -0.15) is 26.3 Å². The highest BCUT2D eigenvalue weighted by Crippen LogP contribution is 2.34. The van der Waals surface area contributed by atoms with Gasteiger partial charge in [-0.05, 0) is 30.3 Å². The minimum Gasteiger partial charge on any atom is -0.477 e. The molecule has 1 unspecified atom stereocenters. The monoisotopic (exact) mass is 456 g/mol. The summed E-state index contributed by atoms with van der Waals surface area (Å²) in [5.74, 6) is -1.58. The van der Waals surface area contributed by atoms with Gasteiger partial charge in [-0.1, -0.05) is 6.07 Å². The number of amides is 1. The normalized spacial score (nSPS) is 12.9. The molecule has 0 aliphatic rings. The van der Waals surface area contributed by atoms with Gasteiger partial charge in [0.25, 0.3) is 5.91 Å². The van der Waals surface area contributed by atoms with Crippen molar-refractivity contribution in [1.29, 1.82) is 0 Å². The van der Waals surface area contributed by atoms with Gasteiger partial charge in [0, 0.05) is 11.8 Å². The van der Waals surface area contributed by atoms with Crippen molar-refractivity contribution in [3.63, 3.8) is 0 Å². The number of halogens is 6.